The summed E-state index contributed by atoms with van der Waals surface area (Å²) >= 11 is 0. The molecule has 3 rings (SSSR count). The van der Waals surface area contributed by atoms with Gasteiger partial charge in [0.15, 0.2) is 5.82 Å². The minimum atomic E-state index is -0.423. The number of carbonyl (C=O) groups excluding carboxylic acids is 2. The molecule has 0 atom stereocenters. The SMILES string of the molecule is CC(C)(C)c1ccc(C(=O)NCCNC(=O)c2nc(C3CC3)no2)cc1. The molecular weight excluding hydrogens is 332 g/mol. The van der Waals surface area contributed by atoms with Crippen LogP contribution in [0.3, 0.4) is 0 Å². The molecule has 7 heteroatoms. The molecule has 7 nitrogen and oxygen atoms in total. The summed E-state index contributed by atoms with van der Waals surface area (Å²) in [5, 5.41) is 9.24. The van der Waals surface area contributed by atoms with E-state index in [1.54, 1.807) is 0 Å². The summed E-state index contributed by atoms with van der Waals surface area (Å²) in [6.45, 7) is 6.98. The molecule has 1 heterocycles. The zero-order valence-electron chi connectivity index (χ0n) is 15.3. The van der Waals surface area contributed by atoms with Crippen LogP contribution in [0.4, 0.5) is 0 Å². The highest BCUT2D eigenvalue weighted by molar-refractivity contribution is 5.94. The molecule has 138 valence electrons. The van der Waals surface area contributed by atoms with Gasteiger partial charge in [-0.1, -0.05) is 38.1 Å². The third-order valence-electron chi connectivity index (χ3n) is 4.29. The van der Waals surface area contributed by atoms with Crippen LogP contribution in [0.25, 0.3) is 0 Å². The van der Waals surface area contributed by atoms with Gasteiger partial charge in [-0.25, -0.2) is 0 Å². The maximum Gasteiger partial charge on any atom is 0.315 e. The monoisotopic (exact) mass is 356 g/mol. The predicted octanol–water partition coefficient (Wildman–Crippen LogP) is 2.40. The second-order valence-electron chi connectivity index (χ2n) is 7.57. The van der Waals surface area contributed by atoms with Crippen LogP contribution in [0.15, 0.2) is 28.8 Å². The van der Waals surface area contributed by atoms with Crippen LogP contribution < -0.4 is 10.6 Å². The molecular formula is C19H24N4O3. The van der Waals surface area contributed by atoms with Crippen LogP contribution in [0.2, 0.25) is 0 Å². The van der Waals surface area contributed by atoms with Crippen molar-refractivity contribution in [2.75, 3.05) is 13.1 Å². The largest absolute Gasteiger partial charge is 0.350 e. The highest BCUT2D eigenvalue weighted by Gasteiger charge is 2.29. The molecule has 1 fully saturated rings. The van der Waals surface area contributed by atoms with E-state index in [0.717, 1.165) is 12.8 Å². The van der Waals surface area contributed by atoms with Gasteiger partial charge in [-0.3, -0.25) is 9.59 Å². The van der Waals surface area contributed by atoms with Crippen LogP contribution in [0, 0.1) is 0 Å². The Balaban J connectivity index is 1.42. The van der Waals surface area contributed by atoms with Crippen LogP contribution in [0.5, 0.6) is 0 Å². The van der Waals surface area contributed by atoms with Crippen molar-refractivity contribution >= 4 is 11.8 Å². The van der Waals surface area contributed by atoms with Gasteiger partial charge in [-0.05, 0) is 36.0 Å². The van der Waals surface area contributed by atoms with E-state index in [9.17, 15) is 9.59 Å². The van der Waals surface area contributed by atoms with E-state index in [0.29, 0.717) is 23.9 Å². The molecule has 1 saturated carbocycles. The Kier molecular flexibility index (Phi) is 5.06. The number of hydrogen-bond donors (Lipinski definition) is 2. The summed E-state index contributed by atoms with van der Waals surface area (Å²) in [7, 11) is 0. The van der Waals surface area contributed by atoms with Crippen molar-refractivity contribution in [2.24, 2.45) is 0 Å². The Hall–Kier alpha value is -2.70. The lowest BCUT2D eigenvalue weighted by molar-refractivity contribution is 0.0898. The van der Waals surface area contributed by atoms with Crippen molar-refractivity contribution in [2.45, 2.75) is 44.9 Å². The van der Waals surface area contributed by atoms with E-state index in [1.807, 2.05) is 24.3 Å². The average molecular weight is 356 g/mol. The van der Waals surface area contributed by atoms with Crippen LogP contribution in [0.1, 0.15) is 72.0 Å². The average Bonchev–Trinajstić information content (AvgIpc) is 3.34. The van der Waals surface area contributed by atoms with E-state index in [2.05, 4.69) is 41.5 Å². The minimum absolute atomic E-state index is 0.0315. The van der Waals surface area contributed by atoms with Gasteiger partial charge in [-0.15, -0.1) is 0 Å². The van der Waals surface area contributed by atoms with Crippen LogP contribution >= 0.6 is 0 Å². The fourth-order valence-electron chi connectivity index (χ4n) is 2.49. The summed E-state index contributed by atoms with van der Waals surface area (Å²) in [6.07, 6.45) is 2.09. The molecule has 0 saturated heterocycles. The van der Waals surface area contributed by atoms with Gasteiger partial charge in [0, 0.05) is 24.6 Å². The summed E-state index contributed by atoms with van der Waals surface area (Å²) in [4.78, 5) is 28.2. The molecule has 1 aromatic heterocycles. The zero-order chi connectivity index (χ0) is 18.7. The molecule has 2 N–H and O–H groups in total. The Labute approximate surface area is 152 Å². The van der Waals surface area contributed by atoms with E-state index in [1.165, 1.54) is 5.56 Å². The Bertz CT molecular complexity index is 786. The Morgan fingerprint density at radius 2 is 1.69 bits per heavy atom. The van der Waals surface area contributed by atoms with E-state index in [-0.39, 0.29) is 23.8 Å². The van der Waals surface area contributed by atoms with Gasteiger partial charge in [0.25, 0.3) is 5.91 Å². The maximum atomic E-state index is 12.1. The van der Waals surface area contributed by atoms with Crippen molar-refractivity contribution in [1.29, 1.82) is 0 Å². The summed E-state index contributed by atoms with van der Waals surface area (Å²) in [5.41, 5.74) is 1.81. The quantitative estimate of drug-likeness (QED) is 0.775. The van der Waals surface area contributed by atoms with Gasteiger partial charge in [0.2, 0.25) is 0 Å². The van der Waals surface area contributed by atoms with Crippen molar-refractivity contribution in [3.05, 3.63) is 47.1 Å². The number of hydrogen-bond acceptors (Lipinski definition) is 5. The molecule has 0 unspecified atom stereocenters. The number of benzene rings is 1. The van der Waals surface area contributed by atoms with Crippen molar-refractivity contribution < 1.29 is 14.1 Å². The summed E-state index contributed by atoms with van der Waals surface area (Å²) in [6, 6.07) is 7.55. The lowest BCUT2D eigenvalue weighted by atomic mass is 9.87. The highest BCUT2D eigenvalue weighted by Crippen LogP contribution is 2.38. The minimum Gasteiger partial charge on any atom is -0.350 e. The Morgan fingerprint density at radius 3 is 2.27 bits per heavy atom. The number of nitrogens with zero attached hydrogens (tertiary/aromatic N) is 2. The number of aromatic nitrogens is 2. The van der Waals surface area contributed by atoms with Gasteiger partial charge >= 0.3 is 11.8 Å². The number of carbonyl (C=O) groups is 2. The Morgan fingerprint density at radius 1 is 1.08 bits per heavy atom. The van der Waals surface area contributed by atoms with Crippen molar-refractivity contribution in [1.82, 2.24) is 20.8 Å². The van der Waals surface area contributed by atoms with Gasteiger partial charge in [0.1, 0.15) is 0 Å². The van der Waals surface area contributed by atoms with E-state index >= 15 is 0 Å². The molecule has 0 aliphatic heterocycles. The first-order chi connectivity index (χ1) is 12.3. The summed E-state index contributed by atoms with van der Waals surface area (Å²) < 4.78 is 4.95. The second-order valence-corrected chi connectivity index (χ2v) is 7.57. The second kappa shape index (κ2) is 7.27. The molecule has 1 aromatic carbocycles. The maximum absolute atomic E-state index is 12.1. The molecule has 2 amide bonds. The number of amides is 2. The van der Waals surface area contributed by atoms with E-state index in [4.69, 9.17) is 4.52 Å². The molecule has 0 spiro atoms. The smallest absolute Gasteiger partial charge is 0.315 e. The third kappa shape index (κ3) is 4.47. The van der Waals surface area contributed by atoms with Gasteiger partial charge in [-0.2, -0.15) is 4.98 Å². The topological polar surface area (TPSA) is 97.1 Å². The van der Waals surface area contributed by atoms with Crippen molar-refractivity contribution in [3.8, 4) is 0 Å². The van der Waals surface area contributed by atoms with Gasteiger partial charge < -0.3 is 15.2 Å². The third-order valence-corrected chi connectivity index (χ3v) is 4.29. The summed E-state index contributed by atoms with van der Waals surface area (Å²) in [5.74, 6) is 0.309. The molecule has 1 aliphatic rings. The van der Waals surface area contributed by atoms with Gasteiger partial charge in [0.05, 0.1) is 0 Å². The highest BCUT2D eigenvalue weighted by atomic mass is 16.5. The molecule has 2 aromatic rings. The molecule has 0 bridgehead atoms. The number of nitrogens with one attached hydrogen (secondary N) is 2. The number of rotatable bonds is 6. The lowest BCUT2D eigenvalue weighted by Crippen LogP contribution is -2.34. The first-order valence-electron chi connectivity index (χ1n) is 8.85. The standard InChI is InChI=1S/C19H24N4O3/c1-19(2,3)14-8-6-13(7-9-14)16(24)20-10-11-21-17(25)18-22-15(23-26-18)12-4-5-12/h6-9,12H,4-5,10-11H2,1-3H3,(H,20,24)(H,21,25). The van der Waals surface area contributed by atoms with Crippen LogP contribution in [-0.2, 0) is 5.41 Å². The predicted molar refractivity (Wildman–Crippen MR) is 96.1 cm³/mol. The fraction of sp³-hybridized carbons (Fsp3) is 0.474. The van der Waals surface area contributed by atoms with Crippen molar-refractivity contribution in [3.63, 3.8) is 0 Å². The molecule has 26 heavy (non-hydrogen) atoms. The molecule has 1 aliphatic carbocycles. The molecule has 0 radical (unpaired) electrons. The zero-order valence-corrected chi connectivity index (χ0v) is 15.3. The normalized spacial score (nSPS) is 14.1. The van der Waals surface area contributed by atoms with E-state index < -0.39 is 5.91 Å². The first-order valence-corrected chi connectivity index (χ1v) is 8.85. The lowest BCUT2D eigenvalue weighted by Gasteiger charge is -2.19. The van der Waals surface area contributed by atoms with Crippen LogP contribution in [-0.4, -0.2) is 35.0 Å². The first kappa shape index (κ1) is 18.1. The fourth-order valence-corrected chi connectivity index (χ4v) is 2.49.